The van der Waals surface area contributed by atoms with Crippen molar-refractivity contribution in [3.63, 3.8) is 0 Å². The number of rotatable bonds is 2. The average Bonchev–Trinajstić information content (AvgIpc) is 2.17. The van der Waals surface area contributed by atoms with E-state index in [-0.39, 0.29) is 6.10 Å². The smallest absolute Gasteiger partial charge is 0.340 e. The van der Waals surface area contributed by atoms with E-state index >= 15 is 0 Å². The van der Waals surface area contributed by atoms with Crippen LogP contribution in [0, 0.1) is 18.3 Å². The summed E-state index contributed by atoms with van der Waals surface area (Å²) in [6.07, 6.45) is 1.25. The van der Waals surface area contributed by atoms with Crippen molar-refractivity contribution in [2.24, 2.45) is 0 Å². The first kappa shape index (κ1) is 11.2. The summed E-state index contributed by atoms with van der Waals surface area (Å²) in [5, 5.41) is 8.67. The van der Waals surface area contributed by atoms with Gasteiger partial charge in [-0.25, -0.2) is 4.79 Å². The first-order valence-corrected chi connectivity index (χ1v) is 4.62. The van der Waals surface area contributed by atoms with Crippen LogP contribution in [0.25, 0.3) is 0 Å². The van der Waals surface area contributed by atoms with Crippen LogP contribution in [-0.2, 0) is 4.74 Å². The minimum absolute atomic E-state index is 0.178. The largest absolute Gasteiger partial charge is 0.459 e. The molecular formula is C11H12N2O2. The van der Waals surface area contributed by atoms with Gasteiger partial charge in [0.25, 0.3) is 0 Å². The molecule has 0 aliphatic carbocycles. The molecule has 1 aromatic heterocycles. The summed E-state index contributed by atoms with van der Waals surface area (Å²) >= 11 is 0. The Hall–Kier alpha value is -1.89. The number of pyridine rings is 1. The molecule has 1 heterocycles. The van der Waals surface area contributed by atoms with E-state index in [9.17, 15) is 4.79 Å². The molecule has 0 N–H and O–H groups in total. The zero-order valence-electron chi connectivity index (χ0n) is 8.94. The van der Waals surface area contributed by atoms with Crippen LogP contribution in [0.5, 0.6) is 0 Å². The number of carbonyl (C=O) groups is 1. The van der Waals surface area contributed by atoms with E-state index < -0.39 is 5.97 Å². The van der Waals surface area contributed by atoms with E-state index in [1.807, 2.05) is 6.07 Å². The molecule has 0 atom stereocenters. The summed E-state index contributed by atoms with van der Waals surface area (Å²) in [6, 6.07) is 3.43. The lowest BCUT2D eigenvalue weighted by atomic mass is 10.1. The normalized spacial score (nSPS) is 9.80. The van der Waals surface area contributed by atoms with Gasteiger partial charge in [0.15, 0.2) is 0 Å². The number of carbonyl (C=O) groups excluding carboxylic acids is 1. The first-order chi connectivity index (χ1) is 7.04. The molecule has 0 bridgehead atoms. The summed E-state index contributed by atoms with van der Waals surface area (Å²) in [5.41, 5.74) is 1.28. The van der Waals surface area contributed by atoms with Gasteiger partial charge in [-0.3, -0.25) is 4.98 Å². The van der Waals surface area contributed by atoms with Crippen LogP contribution in [0.2, 0.25) is 0 Å². The molecule has 1 rings (SSSR count). The molecule has 0 saturated heterocycles. The van der Waals surface area contributed by atoms with Crippen LogP contribution in [0.4, 0.5) is 0 Å². The predicted octanol–water partition coefficient (Wildman–Crippen LogP) is 1.83. The van der Waals surface area contributed by atoms with Crippen LogP contribution in [0.3, 0.4) is 0 Å². The van der Waals surface area contributed by atoms with Gasteiger partial charge in [-0.1, -0.05) is 0 Å². The lowest BCUT2D eigenvalue weighted by molar-refractivity contribution is 0.0376. The van der Waals surface area contributed by atoms with Gasteiger partial charge in [-0.2, -0.15) is 5.26 Å². The Morgan fingerprint density at radius 2 is 2.27 bits per heavy atom. The Morgan fingerprint density at radius 1 is 1.60 bits per heavy atom. The molecule has 0 fully saturated rings. The Labute approximate surface area is 88.5 Å². The maximum atomic E-state index is 11.6. The zero-order chi connectivity index (χ0) is 11.4. The number of esters is 1. The standard InChI is InChI=1S/C11H12N2O2/c1-7(2)15-11(14)10-4-9(5-12)6-13-8(10)3/h4,6-7H,1-3H3. The van der Waals surface area contributed by atoms with Crippen molar-refractivity contribution in [2.45, 2.75) is 26.9 Å². The van der Waals surface area contributed by atoms with Gasteiger partial charge in [0, 0.05) is 6.20 Å². The fourth-order valence-electron chi connectivity index (χ4n) is 1.08. The summed E-state index contributed by atoms with van der Waals surface area (Å²) in [5.74, 6) is -0.438. The lowest BCUT2D eigenvalue weighted by Gasteiger charge is -2.09. The van der Waals surface area contributed by atoms with Gasteiger partial charge < -0.3 is 4.74 Å². The van der Waals surface area contributed by atoms with Crippen molar-refractivity contribution in [3.8, 4) is 6.07 Å². The van der Waals surface area contributed by atoms with Gasteiger partial charge in [-0.15, -0.1) is 0 Å². The molecule has 0 saturated carbocycles. The molecule has 0 aliphatic heterocycles. The van der Waals surface area contributed by atoms with Crippen LogP contribution in [0.1, 0.15) is 35.5 Å². The third-order valence-electron chi connectivity index (χ3n) is 1.78. The average molecular weight is 204 g/mol. The SMILES string of the molecule is Cc1ncc(C#N)cc1C(=O)OC(C)C. The molecule has 0 unspecified atom stereocenters. The highest BCUT2D eigenvalue weighted by Gasteiger charge is 2.13. The minimum Gasteiger partial charge on any atom is -0.459 e. The second kappa shape index (κ2) is 4.56. The number of aromatic nitrogens is 1. The van der Waals surface area contributed by atoms with E-state index in [0.29, 0.717) is 16.8 Å². The van der Waals surface area contributed by atoms with Crippen LogP contribution in [-0.4, -0.2) is 17.1 Å². The molecule has 0 radical (unpaired) electrons. The molecule has 1 aromatic rings. The molecule has 4 nitrogen and oxygen atoms in total. The zero-order valence-corrected chi connectivity index (χ0v) is 8.94. The summed E-state index contributed by atoms with van der Waals surface area (Å²) < 4.78 is 5.03. The Balaban J connectivity index is 3.03. The summed E-state index contributed by atoms with van der Waals surface area (Å²) in [6.45, 7) is 5.25. The number of nitrogens with zero attached hydrogens (tertiary/aromatic N) is 2. The maximum absolute atomic E-state index is 11.6. The fourth-order valence-corrected chi connectivity index (χ4v) is 1.08. The van der Waals surface area contributed by atoms with Crippen molar-refractivity contribution < 1.29 is 9.53 Å². The first-order valence-electron chi connectivity index (χ1n) is 4.62. The van der Waals surface area contributed by atoms with Crippen molar-refractivity contribution in [1.82, 2.24) is 4.98 Å². The summed E-state index contributed by atoms with van der Waals surface area (Å²) in [7, 11) is 0. The highest BCUT2D eigenvalue weighted by Crippen LogP contribution is 2.10. The lowest BCUT2D eigenvalue weighted by Crippen LogP contribution is -2.13. The van der Waals surface area contributed by atoms with E-state index in [2.05, 4.69) is 4.98 Å². The number of ether oxygens (including phenoxy) is 1. The van der Waals surface area contributed by atoms with Crippen molar-refractivity contribution in [2.75, 3.05) is 0 Å². The highest BCUT2D eigenvalue weighted by atomic mass is 16.5. The molecule has 0 aromatic carbocycles. The third-order valence-corrected chi connectivity index (χ3v) is 1.78. The number of hydrogen-bond acceptors (Lipinski definition) is 4. The van der Waals surface area contributed by atoms with Crippen molar-refractivity contribution in [1.29, 1.82) is 5.26 Å². The van der Waals surface area contributed by atoms with Gasteiger partial charge in [0.1, 0.15) is 6.07 Å². The highest BCUT2D eigenvalue weighted by molar-refractivity contribution is 5.90. The van der Waals surface area contributed by atoms with Gasteiger partial charge in [-0.05, 0) is 26.8 Å². The fraction of sp³-hybridized carbons (Fsp3) is 0.364. The Morgan fingerprint density at radius 3 is 2.80 bits per heavy atom. The molecule has 78 valence electrons. The van der Waals surface area contributed by atoms with E-state index in [0.717, 1.165) is 0 Å². The predicted molar refractivity (Wildman–Crippen MR) is 54.2 cm³/mol. The molecule has 0 amide bonds. The topological polar surface area (TPSA) is 63.0 Å². The molecular weight excluding hydrogens is 192 g/mol. The van der Waals surface area contributed by atoms with E-state index in [4.69, 9.17) is 10.00 Å². The third kappa shape index (κ3) is 2.78. The van der Waals surface area contributed by atoms with Crippen molar-refractivity contribution in [3.05, 3.63) is 29.1 Å². The Bertz CT molecular complexity index is 419. The van der Waals surface area contributed by atoms with Gasteiger partial charge >= 0.3 is 5.97 Å². The van der Waals surface area contributed by atoms with Crippen LogP contribution < -0.4 is 0 Å². The molecule has 0 aliphatic rings. The summed E-state index contributed by atoms with van der Waals surface area (Å²) in [4.78, 5) is 15.5. The Kier molecular flexibility index (Phi) is 3.40. The second-order valence-electron chi connectivity index (χ2n) is 3.42. The van der Waals surface area contributed by atoms with Crippen LogP contribution in [0.15, 0.2) is 12.3 Å². The number of hydrogen-bond donors (Lipinski definition) is 0. The number of nitriles is 1. The van der Waals surface area contributed by atoms with Gasteiger partial charge in [0.2, 0.25) is 0 Å². The molecule has 4 heteroatoms. The minimum atomic E-state index is -0.438. The quantitative estimate of drug-likeness (QED) is 0.689. The second-order valence-corrected chi connectivity index (χ2v) is 3.42. The maximum Gasteiger partial charge on any atom is 0.340 e. The van der Waals surface area contributed by atoms with Crippen LogP contribution >= 0.6 is 0 Å². The van der Waals surface area contributed by atoms with Crippen molar-refractivity contribution >= 4 is 5.97 Å². The number of aryl methyl sites for hydroxylation is 1. The van der Waals surface area contributed by atoms with Gasteiger partial charge in [0.05, 0.1) is 22.9 Å². The monoisotopic (exact) mass is 204 g/mol. The molecule has 0 spiro atoms. The molecule has 15 heavy (non-hydrogen) atoms. The van der Waals surface area contributed by atoms with E-state index in [1.54, 1.807) is 20.8 Å². The van der Waals surface area contributed by atoms with E-state index in [1.165, 1.54) is 12.3 Å².